The Hall–Kier alpha value is -4.82. The number of aryl methyl sites for hydroxylation is 5. The van der Waals surface area contributed by atoms with Crippen molar-refractivity contribution in [2.24, 2.45) is 9.98 Å². The summed E-state index contributed by atoms with van der Waals surface area (Å²) in [5, 5.41) is 5.05. The van der Waals surface area contributed by atoms with Crippen molar-refractivity contribution in [3.05, 3.63) is 154 Å². The molecule has 1 aliphatic rings. The fourth-order valence-electron chi connectivity index (χ4n) is 7.80. The van der Waals surface area contributed by atoms with Crippen molar-refractivity contribution in [3.63, 3.8) is 0 Å². The van der Waals surface area contributed by atoms with Crippen LogP contribution in [-0.4, -0.2) is 11.4 Å². The molecule has 0 spiro atoms. The molecule has 0 radical (unpaired) electrons. The van der Waals surface area contributed by atoms with Gasteiger partial charge in [-0.25, -0.2) is 4.99 Å². The van der Waals surface area contributed by atoms with Crippen molar-refractivity contribution in [3.8, 4) is 0 Å². The van der Waals surface area contributed by atoms with Crippen LogP contribution in [0.3, 0.4) is 0 Å². The summed E-state index contributed by atoms with van der Waals surface area (Å²) in [6.07, 6.45) is 3.74. The van der Waals surface area contributed by atoms with E-state index in [1.54, 1.807) is 0 Å². The molecule has 0 amide bonds. The zero-order valence-corrected chi connectivity index (χ0v) is 29.3. The summed E-state index contributed by atoms with van der Waals surface area (Å²) in [4.78, 5) is 11.6. The van der Waals surface area contributed by atoms with E-state index in [1.165, 1.54) is 66.1 Å². The number of aliphatic imine (C=N–C) groups is 2. The molecule has 2 atom stereocenters. The molecule has 2 unspecified atom stereocenters. The molecule has 2 heteroatoms. The van der Waals surface area contributed by atoms with Gasteiger partial charge in [0.05, 0.1) is 28.7 Å². The van der Waals surface area contributed by atoms with Crippen LogP contribution < -0.4 is 0 Å². The second-order valence-corrected chi connectivity index (χ2v) is 13.3. The minimum atomic E-state index is -0.0716. The summed E-state index contributed by atoms with van der Waals surface area (Å²) >= 11 is 0. The van der Waals surface area contributed by atoms with Crippen LogP contribution in [0.4, 0.5) is 11.4 Å². The summed E-state index contributed by atoms with van der Waals surface area (Å²) in [6, 6.07) is 40.5. The Morgan fingerprint density at radius 1 is 0.458 bits per heavy atom. The van der Waals surface area contributed by atoms with Crippen LogP contribution in [0.15, 0.2) is 119 Å². The number of para-hydroxylation sites is 2. The van der Waals surface area contributed by atoms with E-state index in [-0.39, 0.29) is 11.8 Å². The van der Waals surface area contributed by atoms with Crippen LogP contribution in [0.25, 0.3) is 21.5 Å². The van der Waals surface area contributed by atoms with Crippen LogP contribution in [0, 0.1) is 6.92 Å². The zero-order valence-electron chi connectivity index (χ0n) is 29.3. The predicted octanol–water partition coefficient (Wildman–Crippen LogP) is 12.3. The Labute approximate surface area is 286 Å². The second-order valence-electron chi connectivity index (χ2n) is 13.3. The van der Waals surface area contributed by atoms with E-state index < -0.39 is 0 Å². The van der Waals surface area contributed by atoms with Crippen molar-refractivity contribution in [1.82, 2.24) is 0 Å². The number of fused-ring (bicyclic) bond motifs is 3. The molecule has 7 rings (SSSR count). The van der Waals surface area contributed by atoms with Crippen molar-refractivity contribution >= 4 is 44.3 Å². The molecular weight excluding hydrogens is 581 g/mol. The van der Waals surface area contributed by atoms with Gasteiger partial charge in [0.15, 0.2) is 0 Å². The van der Waals surface area contributed by atoms with Gasteiger partial charge in [0.25, 0.3) is 0 Å². The SMILES string of the molecule is CCc1cccc(CC)c1N=C1C(=Nc2c(CC)cccc2CC)C(c2cc3ccccc3cc2C)c2cc3ccccc3cc2C1C. The third-order valence-electron chi connectivity index (χ3n) is 10.5. The molecule has 0 saturated heterocycles. The molecule has 0 aromatic heterocycles. The predicted molar refractivity (Wildman–Crippen MR) is 207 cm³/mol. The molecule has 1 aliphatic carbocycles. The first kappa shape index (κ1) is 31.8. The summed E-state index contributed by atoms with van der Waals surface area (Å²) in [7, 11) is 0. The van der Waals surface area contributed by atoms with Crippen LogP contribution in [0.5, 0.6) is 0 Å². The smallest absolute Gasteiger partial charge is 0.0751 e. The van der Waals surface area contributed by atoms with E-state index in [1.807, 2.05) is 0 Å². The number of nitrogens with zero attached hydrogens (tertiary/aromatic N) is 2. The molecule has 2 nitrogen and oxygen atoms in total. The molecule has 0 N–H and O–H groups in total. The Bertz CT molecular complexity index is 2170. The highest BCUT2D eigenvalue weighted by molar-refractivity contribution is 6.48. The Kier molecular flexibility index (Phi) is 8.84. The van der Waals surface area contributed by atoms with Gasteiger partial charge in [0.1, 0.15) is 0 Å². The second kappa shape index (κ2) is 13.4. The summed E-state index contributed by atoms with van der Waals surface area (Å²) < 4.78 is 0. The van der Waals surface area contributed by atoms with E-state index in [4.69, 9.17) is 9.98 Å². The van der Waals surface area contributed by atoms with E-state index in [0.717, 1.165) is 48.5 Å². The molecule has 0 bridgehead atoms. The standard InChI is InChI=1S/C46H46N2/c1-7-31-21-15-22-32(8-2)44(31)47-43-30(6)40-27-37-19-13-14-20-38(37)28-41(40)42(39-26-36-18-12-11-17-35(36)25-29(39)5)46(43)48-45-33(9-3)23-16-24-34(45)10-4/h11-28,30,42H,7-10H2,1-6H3. The van der Waals surface area contributed by atoms with Gasteiger partial charge < -0.3 is 0 Å². The maximum absolute atomic E-state index is 5.84. The first-order chi connectivity index (χ1) is 23.4. The Morgan fingerprint density at radius 3 is 1.31 bits per heavy atom. The number of rotatable bonds is 7. The molecule has 6 aromatic carbocycles. The summed E-state index contributed by atoms with van der Waals surface area (Å²) in [6.45, 7) is 13.6. The van der Waals surface area contributed by atoms with Gasteiger partial charge in [-0.3, -0.25) is 4.99 Å². The third-order valence-corrected chi connectivity index (χ3v) is 10.5. The Balaban J connectivity index is 1.64. The van der Waals surface area contributed by atoms with Crippen LogP contribution in [-0.2, 0) is 25.7 Å². The van der Waals surface area contributed by atoms with Crippen LogP contribution in [0.2, 0.25) is 0 Å². The lowest BCUT2D eigenvalue weighted by atomic mass is 9.70. The highest BCUT2D eigenvalue weighted by atomic mass is 14.9. The lowest BCUT2D eigenvalue weighted by Gasteiger charge is -2.35. The first-order valence-corrected chi connectivity index (χ1v) is 17.9. The number of hydrogen-bond donors (Lipinski definition) is 0. The molecule has 0 fully saturated rings. The van der Waals surface area contributed by atoms with Crippen molar-refractivity contribution in [2.75, 3.05) is 0 Å². The van der Waals surface area contributed by atoms with Gasteiger partial charge in [-0.15, -0.1) is 0 Å². The van der Waals surface area contributed by atoms with Gasteiger partial charge in [0, 0.05) is 5.92 Å². The van der Waals surface area contributed by atoms with Gasteiger partial charge in [-0.05, 0) is 111 Å². The fraction of sp³-hybridized carbons (Fsp3) is 0.261. The molecule has 6 aromatic rings. The maximum Gasteiger partial charge on any atom is 0.0751 e. The van der Waals surface area contributed by atoms with Gasteiger partial charge >= 0.3 is 0 Å². The van der Waals surface area contributed by atoms with Crippen LogP contribution in [0.1, 0.15) is 91.0 Å². The largest absolute Gasteiger partial charge is 0.250 e. The molecular formula is C46H46N2. The van der Waals surface area contributed by atoms with Gasteiger partial charge in [-0.2, -0.15) is 0 Å². The molecule has 0 heterocycles. The van der Waals surface area contributed by atoms with E-state index in [9.17, 15) is 0 Å². The van der Waals surface area contributed by atoms with Gasteiger partial charge in [-0.1, -0.05) is 132 Å². The monoisotopic (exact) mass is 626 g/mol. The lowest BCUT2D eigenvalue weighted by Crippen LogP contribution is -2.34. The topological polar surface area (TPSA) is 24.7 Å². The van der Waals surface area contributed by atoms with Crippen molar-refractivity contribution in [2.45, 2.75) is 79.1 Å². The average Bonchev–Trinajstić information content (AvgIpc) is 3.12. The maximum atomic E-state index is 5.84. The summed E-state index contributed by atoms with van der Waals surface area (Å²) in [5.41, 5.74) is 14.8. The van der Waals surface area contributed by atoms with E-state index >= 15 is 0 Å². The lowest BCUT2D eigenvalue weighted by molar-refractivity contribution is 0.923. The number of hydrogen-bond acceptors (Lipinski definition) is 2. The molecule has 0 saturated carbocycles. The molecule has 48 heavy (non-hydrogen) atoms. The van der Waals surface area contributed by atoms with Crippen molar-refractivity contribution < 1.29 is 0 Å². The minimum absolute atomic E-state index is 0.0638. The first-order valence-electron chi connectivity index (χ1n) is 17.9. The quantitative estimate of drug-likeness (QED) is 0.168. The Morgan fingerprint density at radius 2 is 0.854 bits per heavy atom. The molecule has 0 aliphatic heterocycles. The molecule has 240 valence electrons. The fourth-order valence-corrected chi connectivity index (χ4v) is 7.80. The summed E-state index contributed by atoms with van der Waals surface area (Å²) in [5.74, 6) is -0.00787. The third kappa shape index (κ3) is 5.58. The minimum Gasteiger partial charge on any atom is -0.250 e. The van der Waals surface area contributed by atoms with E-state index in [2.05, 4.69) is 151 Å². The average molecular weight is 627 g/mol. The van der Waals surface area contributed by atoms with E-state index in [0.29, 0.717) is 0 Å². The number of benzene rings is 6. The van der Waals surface area contributed by atoms with Crippen LogP contribution >= 0.6 is 0 Å². The van der Waals surface area contributed by atoms with Crippen molar-refractivity contribution in [1.29, 1.82) is 0 Å². The highest BCUT2D eigenvalue weighted by Crippen LogP contribution is 2.45. The highest BCUT2D eigenvalue weighted by Gasteiger charge is 2.38. The zero-order chi connectivity index (χ0) is 33.4. The van der Waals surface area contributed by atoms with Gasteiger partial charge in [0.2, 0.25) is 0 Å². The normalized spacial score (nSPS) is 17.8.